The van der Waals surface area contributed by atoms with Gasteiger partial charge in [-0.25, -0.2) is 0 Å². The molecule has 3 atom stereocenters. The highest BCUT2D eigenvalue weighted by Gasteiger charge is 2.30. The minimum Gasteiger partial charge on any atom is -0.493 e. The van der Waals surface area contributed by atoms with Gasteiger partial charge >= 0.3 is 0 Å². The van der Waals surface area contributed by atoms with Crippen LogP contribution in [-0.2, 0) is 17.6 Å². The smallest absolute Gasteiger partial charge is 0.125 e. The van der Waals surface area contributed by atoms with E-state index < -0.39 is 0 Å². The maximum Gasteiger partial charge on any atom is 0.125 e. The fourth-order valence-electron chi connectivity index (χ4n) is 3.23. The van der Waals surface area contributed by atoms with Gasteiger partial charge in [0.2, 0.25) is 0 Å². The number of rotatable bonds is 4. The van der Waals surface area contributed by atoms with Gasteiger partial charge in [-0.15, -0.1) is 0 Å². The van der Waals surface area contributed by atoms with Crippen molar-refractivity contribution in [2.75, 3.05) is 13.2 Å². The predicted molar refractivity (Wildman–Crippen MR) is 79.0 cm³/mol. The highest BCUT2D eigenvalue weighted by Crippen LogP contribution is 2.35. The van der Waals surface area contributed by atoms with Crippen LogP contribution in [0.2, 0.25) is 5.02 Å². The lowest BCUT2D eigenvalue weighted by atomic mass is 9.91. The van der Waals surface area contributed by atoms with Crippen molar-refractivity contribution in [2.24, 2.45) is 11.8 Å². The minimum absolute atomic E-state index is 0.187. The van der Waals surface area contributed by atoms with Crippen LogP contribution in [0.25, 0.3) is 0 Å². The first kappa shape index (κ1) is 14.1. The molecule has 5 heteroatoms. The topological polar surface area (TPSA) is 56.5 Å². The zero-order chi connectivity index (χ0) is 14.1. The Hall–Kier alpha value is -0.810. The summed E-state index contributed by atoms with van der Waals surface area (Å²) in [7, 11) is 0. The number of fused-ring (bicyclic) bond motifs is 1. The molecule has 0 aromatic heterocycles. The van der Waals surface area contributed by atoms with Gasteiger partial charge in [-0.3, -0.25) is 11.3 Å². The summed E-state index contributed by atoms with van der Waals surface area (Å²) in [6.07, 6.45) is 3.11. The van der Waals surface area contributed by atoms with Crippen molar-refractivity contribution < 1.29 is 9.47 Å². The molecule has 2 heterocycles. The van der Waals surface area contributed by atoms with E-state index >= 15 is 0 Å². The Morgan fingerprint density at radius 2 is 2.35 bits per heavy atom. The Morgan fingerprint density at radius 3 is 3.05 bits per heavy atom. The van der Waals surface area contributed by atoms with Gasteiger partial charge < -0.3 is 9.47 Å². The fourth-order valence-corrected chi connectivity index (χ4v) is 3.49. The summed E-state index contributed by atoms with van der Waals surface area (Å²) < 4.78 is 11.4. The van der Waals surface area contributed by atoms with E-state index in [1.54, 1.807) is 0 Å². The van der Waals surface area contributed by atoms with Crippen LogP contribution in [0.4, 0.5) is 0 Å². The monoisotopic (exact) mass is 296 g/mol. The lowest BCUT2D eigenvalue weighted by Gasteiger charge is -2.22. The van der Waals surface area contributed by atoms with Crippen molar-refractivity contribution in [1.82, 2.24) is 5.43 Å². The first-order valence-corrected chi connectivity index (χ1v) is 7.57. The number of nitrogens with one attached hydrogen (secondary N) is 1. The van der Waals surface area contributed by atoms with Gasteiger partial charge in [0.25, 0.3) is 0 Å². The summed E-state index contributed by atoms with van der Waals surface area (Å²) in [6.45, 7) is 3.61. The molecule has 4 nitrogen and oxygen atoms in total. The molecule has 3 N–H and O–H groups in total. The Balaban J connectivity index is 1.79. The minimum atomic E-state index is 0.187. The summed E-state index contributed by atoms with van der Waals surface area (Å²) in [5.41, 5.74) is 5.30. The Bertz CT molecular complexity index is 495. The Kier molecular flexibility index (Phi) is 4.17. The van der Waals surface area contributed by atoms with Crippen LogP contribution in [0.3, 0.4) is 0 Å². The molecule has 1 fully saturated rings. The van der Waals surface area contributed by atoms with E-state index in [4.69, 9.17) is 26.9 Å². The summed E-state index contributed by atoms with van der Waals surface area (Å²) in [6, 6.07) is 4.18. The van der Waals surface area contributed by atoms with Crippen molar-refractivity contribution >= 4 is 11.6 Å². The van der Waals surface area contributed by atoms with Gasteiger partial charge in [0.1, 0.15) is 5.75 Å². The van der Waals surface area contributed by atoms with Crippen molar-refractivity contribution in [2.45, 2.75) is 38.3 Å². The molecule has 20 heavy (non-hydrogen) atoms. The summed E-state index contributed by atoms with van der Waals surface area (Å²) in [4.78, 5) is 0. The molecular formula is C15H21ClN2O2. The molecule has 3 rings (SSSR count). The average Bonchev–Trinajstić information content (AvgIpc) is 3.04. The van der Waals surface area contributed by atoms with Gasteiger partial charge in [0, 0.05) is 23.4 Å². The van der Waals surface area contributed by atoms with Gasteiger partial charge in [-0.1, -0.05) is 11.6 Å². The standard InChI is InChI=1S/C15H21ClN2O2/c1-9-4-12(8-20-9)14(18-17)7-11-6-13(16)5-10-2-3-19-15(10)11/h5-6,9,12,14,18H,2-4,7-8,17H2,1H3. The summed E-state index contributed by atoms with van der Waals surface area (Å²) in [5.74, 6) is 7.19. The molecule has 2 aliphatic rings. The number of hydrazine groups is 1. The first-order valence-electron chi connectivity index (χ1n) is 7.19. The van der Waals surface area contributed by atoms with Gasteiger partial charge in [-0.05, 0) is 43.0 Å². The molecule has 110 valence electrons. The maximum absolute atomic E-state index is 6.21. The molecule has 0 saturated carbocycles. The van der Waals surface area contributed by atoms with Crippen LogP contribution in [0.5, 0.6) is 5.75 Å². The lowest BCUT2D eigenvalue weighted by molar-refractivity contribution is 0.117. The number of hydrogen-bond donors (Lipinski definition) is 2. The van der Waals surface area contributed by atoms with Gasteiger partial charge in [-0.2, -0.15) is 0 Å². The molecule has 1 saturated heterocycles. The van der Waals surface area contributed by atoms with Gasteiger partial charge in [0.15, 0.2) is 0 Å². The van der Waals surface area contributed by atoms with E-state index in [9.17, 15) is 0 Å². The van der Waals surface area contributed by atoms with Crippen molar-refractivity contribution in [1.29, 1.82) is 0 Å². The number of halogens is 1. The molecular weight excluding hydrogens is 276 g/mol. The summed E-state index contributed by atoms with van der Waals surface area (Å²) >= 11 is 6.21. The number of ether oxygens (including phenoxy) is 2. The summed E-state index contributed by atoms with van der Waals surface area (Å²) in [5, 5.41) is 0.774. The van der Waals surface area contributed by atoms with Gasteiger partial charge in [0.05, 0.1) is 19.3 Å². The molecule has 0 aliphatic carbocycles. The van der Waals surface area contributed by atoms with E-state index in [0.29, 0.717) is 12.0 Å². The molecule has 0 spiro atoms. The Labute approximate surface area is 124 Å². The normalized spacial score (nSPS) is 26.4. The van der Waals surface area contributed by atoms with Crippen molar-refractivity contribution in [3.05, 3.63) is 28.3 Å². The molecule has 1 aromatic carbocycles. The zero-order valence-corrected chi connectivity index (χ0v) is 12.5. The van der Waals surface area contributed by atoms with Crippen LogP contribution in [0, 0.1) is 5.92 Å². The fraction of sp³-hybridized carbons (Fsp3) is 0.600. The first-order chi connectivity index (χ1) is 9.67. The second kappa shape index (κ2) is 5.90. The number of hydrogen-bond acceptors (Lipinski definition) is 4. The molecule has 1 aromatic rings. The second-order valence-electron chi connectivity index (χ2n) is 5.77. The molecule has 0 bridgehead atoms. The highest BCUT2D eigenvalue weighted by atomic mass is 35.5. The largest absolute Gasteiger partial charge is 0.493 e. The molecule has 0 radical (unpaired) electrons. The highest BCUT2D eigenvalue weighted by molar-refractivity contribution is 6.30. The molecule has 0 amide bonds. The number of benzene rings is 1. The predicted octanol–water partition coefficient (Wildman–Crippen LogP) is 2.07. The van der Waals surface area contributed by atoms with Crippen molar-refractivity contribution in [3.8, 4) is 5.75 Å². The molecule has 3 unspecified atom stereocenters. The van der Waals surface area contributed by atoms with E-state index in [0.717, 1.165) is 48.8 Å². The third-order valence-corrected chi connectivity index (χ3v) is 4.50. The van der Waals surface area contributed by atoms with Crippen LogP contribution in [0.15, 0.2) is 12.1 Å². The van der Waals surface area contributed by atoms with E-state index in [2.05, 4.69) is 12.3 Å². The Morgan fingerprint density at radius 1 is 1.50 bits per heavy atom. The molecule has 2 aliphatic heterocycles. The SMILES string of the molecule is CC1CC(C(Cc2cc(Cl)cc3c2OCC3)NN)CO1. The third kappa shape index (κ3) is 2.79. The van der Waals surface area contributed by atoms with Crippen molar-refractivity contribution in [3.63, 3.8) is 0 Å². The van der Waals surface area contributed by atoms with E-state index in [1.165, 1.54) is 5.56 Å². The second-order valence-corrected chi connectivity index (χ2v) is 6.21. The van der Waals surface area contributed by atoms with Crippen LogP contribution in [0.1, 0.15) is 24.5 Å². The average molecular weight is 297 g/mol. The van der Waals surface area contributed by atoms with E-state index in [1.807, 2.05) is 12.1 Å². The zero-order valence-electron chi connectivity index (χ0n) is 11.7. The number of nitrogens with two attached hydrogens (primary N) is 1. The van der Waals surface area contributed by atoms with E-state index in [-0.39, 0.29) is 6.04 Å². The third-order valence-electron chi connectivity index (χ3n) is 4.28. The van der Waals surface area contributed by atoms with Crippen LogP contribution >= 0.6 is 11.6 Å². The van der Waals surface area contributed by atoms with Crippen LogP contribution in [-0.4, -0.2) is 25.4 Å². The lowest BCUT2D eigenvalue weighted by Crippen LogP contribution is -2.42. The maximum atomic E-state index is 6.21. The van der Waals surface area contributed by atoms with Crippen LogP contribution < -0.4 is 16.0 Å². The quantitative estimate of drug-likeness (QED) is 0.660.